The molecule has 1 nitrogen and oxygen atoms in total. The highest BCUT2D eigenvalue weighted by molar-refractivity contribution is 7.99. The molecule has 18 heavy (non-hydrogen) atoms. The van der Waals surface area contributed by atoms with Gasteiger partial charge >= 0.3 is 0 Å². The Balaban J connectivity index is 2.08. The molecule has 1 aromatic carbocycles. The summed E-state index contributed by atoms with van der Waals surface area (Å²) in [4.78, 5) is 0. The van der Waals surface area contributed by atoms with Gasteiger partial charge in [0.15, 0.2) is 0 Å². The average Bonchev–Trinajstić information content (AvgIpc) is 2.35. The summed E-state index contributed by atoms with van der Waals surface area (Å²) in [5.41, 5.74) is 5.69. The van der Waals surface area contributed by atoms with E-state index >= 15 is 0 Å². The van der Waals surface area contributed by atoms with E-state index in [1.54, 1.807) is 0 Å². The van der Waals surface area contributed by atoms with Crippen LogP contribution in [-0.4, -0.2) is 17.5 Å². The summed E-state index contributed by atoms with van der Waals surface area (Å²) in [5.74, 6) is 2.61. The number of hydrogen-bond acceptors (Lipinski definition) is 2. The van der Waals surface area contributed by atoms with Crippen LogP contribution in [0.3, 0.4) is 0 Å². The molecule has 0 spiro atoms. The van der Waals surface area contributed by atoms with Crippen molar-refractivity contribution in [2.24, 2.45) is 0 Å². The van der Waals surface area contributed by atoms with Crippen molar-refractivity contribution in [2.75, 3.05) is 11.5 Å². The molecule has 1 aliphatic heterocycles. The molecule has 2 unspecified atom stereocenters. The molecule has 1 fully saturated rings. The molecule has 0 saturated carbocycles. The summed E-state index contributed by atoms with van der Waals surface area (Å²) in [7, 11) is 0. The number of hydrogen-bond donors (Lipinski definition) is 1. The summed E-state index contributed by atoms with van der Waals surface area (Å²) in [6.45, 7) is 8.94. The third kappa shape index (κ3) is 3.30. The lowest BCUT2D eigenvalue weighted by molar-refractivity contribution is 0.451. The van der Waals surface area contributed by atoms with Gasteiger partial charge in [-0.1, -0.05) is 12.1 Å². The van der Waals surface area contributed by atoms with E-state index in [-0.39, 0.29) is 0 Å². The van der Waals surface area contributed by atoms with Crippen LogP contribution in [0.25, 0.3) is 0 Å². The highest BCUT2D eigenvalue weighted by Gasteiger charge is 2.17. The van der Waals surface area contributed by atoms with Crippen molar-refractivity contribution in [1.82, 2.24) is 5.32 Å². The lowest BCUT2D eigenvalue weighted by Gasteiger charge is -2.27. The van der Waals surface area contributed by atoms with Crippen LogP contribution in [0.5, 0.6) is 0 Å². The van der Waals surface area contributed by atoms with Gasteiger partial charge in [-0.15, -0.1) is 0 Å². The van der Waals surface area contributed by atoms with Crippen LogP contribution < -0.4 is 5.32 Å². The molecule has 1 N–H and O–H groups in total. The smallest absolute Gasteiger partial charge is 0.0297 e. The van der Waals surface area contributed by atoms with Gasteiger partial charge in [0, 0.05) is 17.8 Å². The second-order valence-electron chi connectivity index (χ2n) is 5.60. The van der Waals surface area contributed by atoms with Gasteiger partial charge < -0.3 is 5.32 Å². The zero-order valence-electron chi connectivity index (χ0n) is 12.0. The zero-order valence-corrected chi connectivity index (χ0v) is 12.9. The summed E-state index contributed by atoms with van der Waals surface area (Å²) >= 11 is 2.09. The molecule has 0 amide bonds. The van der Waals surface area contributed by atoms with E-state index in [0.29, 0.717) is 12.1 Å². The molecule has 1 aliphatic rings. The fraction of sp³-hybridized carbons (Fsp3) is 0.625. The van der Waals surface area contributed by atoms with E-state index in [0.717, 1.165) is 0 Å². The molecular weight excluding hydrogens is 238 g/mol. The molecule has 0 radical (unpaired) electrons. The van der Waals surface area contributed by atoms with Gasteiger partial charge in [-0.2, -0.15) is 11.8 Å². The quantitative estimate of drug-likeness (QED) is 0.879. The molecule has 2 atom stereocenters. The monoisotopic (exact) mass is 263 g/mol. The standard InChI is InChI=1S/C16H25NS/c1-11-8-13(3)16(9-12(11)2)14(4)17-15-6-5-7-18-10-15/h8-9,14-15,17H,5-7,10H2,1-4H3. The lowest BCUT2D eigenvalue weighted by Crippen LogP contribution is -2.35. The topological polar surface area (TPSA) is 12.0 Å². The van der Waals surface area contributed by atoms with Crippen molar-refractivity contribution in [1.29, 1.82) is 0 Å². The third-order valence-electron chi connectivity index (χ3n) is 3.99. The summed E-state index contributed by atoms with van der Waals surface area (Å²) in [6.07, 6.45) is 2.70. The number of thioether (sulfide) groups is 1. The van der Waals surface area contributed by atoms with Crippen molar-refractivity contribution in [2.45, 2.75) is 52.6 Å². The second kappa shape index (κ2) is 6.12. The predicted octanol–water partition coefficient (Wildman–Crippen LogP) is 4.16. The predicted molar refractivity (Wildman–Crippen MR) is 82.6 cm³/mol. The maximum atomic E-state index is 3.80. The molecular formula is C16H25NS. The van der Waals surface area contributed by atoms with Gasteiger partial charge in [-0.3, -0.25) is 0 Å². The zero-order chi connectivity index (χ0) is 13.1. The first-order chi connectivity index (χ1) is 8.58. The Morgan fingerprint density at radius 2 is 1.89 bits per heavy atom. The summed E-state index contributed by atoms with van der Waals surface area (Å²) < 4.78 is 0. The Labute approximate surface area is 116 Å². The molecule has 1 saturated heterocycles. The van der Waals surface area contributed by atoms with Crippen molar-refractivity contribution in [3.05, 3.63) is 34.4 Å². The number of nitrogens with one attached hydrogen (secondary N) is 1. The summed E-state index contributed by atoms with van der Waals surface area (Å²) in [6, 6.07) is 5.84. The molecule has 0 bridgehead atoms. The first-order valence-corrected chi connectivity index (χ1v) is 8.15. The van der Waals surface area contributed by atoms with Crippen LogP contribution in [0.15, 0.2) is 12.1 Å². The van der Waals surface area contributed by atoms with Gasteiger partial charge in [-0.05, 0) is 68.5 Å². The van der Waals surface area contributed by atoms with Crippen molar-refractivity contribution < 1.29 is 0 Å². The Bertz CT molecular complexity index is 408. The van der Waals surface area contributed by atoms with E-state index < -0.39 is 0 Å². The molecule has 1 aromatic rings. The molecule has 2 heteroatoms. The molecule has 0 aromatic heterocycles. The lowest BCUT2D eigenvalue weighted by atomic mass is 9.96. The number of rotatable bonds is 3. The van der Waals surface area contributed by atoms with E-state index in [1.807, 2.05) is 0 Å². The number of benzene rings is 1. The van der Waals surface area contributed by atoms with E-state index in [4.69, 9.17) is 0 Å². The van der Waals surface area contributed by atoms with Crippen LogP contribution >= 0.6 is 11.8 Å². The third-order valence-corrected chi connectivity index (χ3v) is 5.21. The molecule has 0 aliphatic carbocycles. The Morgan fingerprint density at radius 1 is 1.17 bits per heavy atom. The normalized spacial score (nSPS) is 21.9. The first kappa shape index (κ1) is 14.0. The molecule has 2 rings (SSSR count). The largest absolute Gasteiger partial charge is 0.307 e. The van der Waals surface area contributed by atoms with Crippen LogP contribution in [0.4, 0.5) is 0 Å². The van der Waals surface area contributed by atoms with Gasteiger partial charge in [0.25, 0.3) is 0 Å². The van der Waals surface area contributed by atoms with Crippen LogP contribution in [0.1, 0.15) is 48.1 Å². The average molecular weight is 263 g/mol. The highest BCUT2D eigenvalue weighted by Crippen LogP contribution is 2.24. The Kier molecular flexibility index (Phi) is 4.74. The molecule has 100 valence electrons. The maximum Gasteiger partial charge on any atom is 0.0297 e. The Morgan fingerprint density at radius 3 is 2.56 bits per heavy atom. The fourth-order valence-corrected chi connectivity index (χ4v) is 3.85. The van der Waals surface area contributed by atoms with E-state index in [1.165, 1.54) is 46.6 Å². The van der Waals surface area contributed by atoms with E-state index in [9.17, 15) is 0 Å². The van der Waals surface area contributed by atoms with E-state index in [2.05, 4.69) is 56.9 Å². The SMILES string of the molecule is Cc1cc(C)c(C(C)NC2CCCSC2)cc1C. The summed E-state index contributed by atoms with van der Waals surface area (Å²) in [5, 5.41) is 3.80. The second-order valence-corrected chi connectivity index (χ2v) is 6.75. The maximum absolute atomic E-state index is 3.80. The van der Waals surface area contributed by atoms with Crippen molar-refractivity contribution >= 4 is 11.8 Å². The van der Waals surface area contributed by atoms with Crippen LogP contribution in [0.2, 0.25) is 0 Å². The van der Waals surface area contributed by atoms with Gasteiger partial charge in [0.2, 0.25) is 0 Å². The Hall–Kier alpha value is -0.470. The minimum Gasteiger partial charge on any atom is -0.307 e. The van der Waals surface area contributed by atoms with Crippen LogP contribution in [0, 0.1) is 20.8 Å². The van der Waals surface area contributed by atoms with Gasteiger partial charge in [0.05, 0.1) is 0 Å². The van der Waals surface area contributed by atoms with Crippen LogP contribution in [-0.2, 0) is 0 Å². The van der Waals surface area contributed by atoms with Crippen molar-refractivity contribution in [3.63, 3.8) is 0 Å². The first-order valence-electron chi connectivity index (χ1n) is 6.99. The minimum atomic E-state index is 0.466. The minimum absolute atomic E-state index is 0.466. The highest BCUT2D eigenvalue weighted by atomic mass is 32.2. The molecule has 1 heterocycles. The fourth-order valence-electron chi connectivity index (χ4n) is 2.76. The van der Waals surface area contributed by atoms with Crippen molar-refractivity contribution in [3.8, 4) is 0 Å². The van der Waals surface area contributed by atoms with Gasteiger partial charge in [-0.25, -0.2) is 0 Å². The van der Waals surface area contributed by atoms with Gasteiger partial charge in [0.1, 0.15) is 0 Å². The number of aryl methyl sites for hydroxylation is 3.